The second-order valence-electron chi connectivity index (χ2n) is 9.48. The van der Waals surface area contributed by atoms with Crippen molar-refractivity contribution in [2.24, 2.45) is 24.4 Å². The molecule has 0 spiro atoms. The number of rotatable bonds is 6. The first-order chi connectivity index (χ1) is 17.8. The normalized spacial score (nSPS) is 16.2. The molecule has 0 saturated carbocycles. The van der Waals surface area contributed by atoms with Crippen molar-refractivity contribution in [3.63, 3.8) is 0 Å². The fourth-order valence-corrected chi connectivity index (χ4v) is 4.35. The van der Waals surface area contributed by atoms with E-state index in [1.165, 1.54) is 17.3 Å². The van der Waals surface area contributed by atoms with Gasteiger partial charge in [0, 0.05) is 60.6 Å². The number of benzene rings is 2. The zero-order valence-corrected chi connectivity index (χ0v) is 21.4. The van der Waals surface area contributed by atoms with Crippen LogP contribution < -0.4 is 32.5 Å². The molecular weight excluding hydrogens is 497 g/mol. The summed E-state index contributed by atoms with van der Waals surface area (Å²) in [5, 5.41) is 8.07. The molecule has 1 fully saturated rings. The van der Waals surface area contributed by atoms with Gasteiger partial charge in [0.2, 0.25) is 0 Å². The van der Waals surface area contributed by atoms with E-state index in [-0.39, 0.29) is 17.3 Å². The molecule has 1 aliphatic rings. The van der Waals surface area contributed by atoms with E-state index in [0.717, 1.165) is 23.4 Å². The van der Waals surface area contributed by atoms with Crippen LogP contribution >= 0.6 is 0 Å². The van der Waals surface area contributed by atoms with Crippen LogP contribution in [0.25, 0.3) is 5.70 Å². The van der Waals surface area contributed by atoms with Crippen LogP contribution in [0.15, 0.2) is 48.8 Å². The summed E-state index contributed by atoms with van der Waals surface area (Å²) in [6, 6.07) is 8.24. The molecule has 12 heteroatoms. The molecule has 2 heterocycles. The van der Waals surface area contributed by atoms with Crippen LogP contribution in [0.1, 0.15) is 39.2 Å². The van der Waals surface area contributed by atoms with Crippen LogP contribution in [-0.4, -0.2) is 34.8 Å². The summed E-state index contributed by atoms with van der Waals surface area (Å²) >= 11 is 0. The van der Waals surface area contributed by atoms with Crippen LogP contribution in [-0.2, 0) is 13.2 Å². The molecule has 38 heavy (non-hydrogen) atoms. The van der Waals surface area contributed by atoms with Gasteiger partial charge in [-0.15, -0.1) is 0 Å². The molecule has 0 aliphatic carbocycles. The number of alkyl halides is 3. The predicted octanol–water partition coefficient (Wildman–Crippen LogP) is 3.48. The Morgan fingerprint density at radius 3 is 2.55 bits per heavy atom. The van der Waals surface area contributed by atoms with Crippen molar-refractivity contribution in [2.75, 3.05) is 28.3 Å². The van der Waals surface area contributed by atoms with Gasteiger partial charge < -0.3 is 21.7 Å². The lowest BCUT2D eigenvalue weighted by Gasteiger charge is -2.21. The van der Waals surface area contributed by atoms with Gasteiger partial charge in [0.1, 0.15) is 0 Å². The Labute approximate surface area is 218 Å². The first-order valence-electron chi connectivity index (χ1n) is 12.0. The molecule has 3 aromatic rings. The van der Waals surface area contributed by atoms with Gasteiger partial charge in [0.05, 0.1) is 23.1 Å². The van der Waals surface area contributed by atoms with E-state index in [4.69, 9.17) is 17.3 Å². The predicted molar refractivity (Wildman–Crippen MR) is 142 cm³/mol. The molecule has 202 valence electrons. The van der Waals surface area contributed by atoms with Crippen molar-refractivity contribution >= 4 is 28.7 Å². The number of hydrogen-bond acceptors (Lipinski definition) is 7. The number of aromatic nitrogens is 2. The fourth-order valence-electron chi connectivity index (χ4n) is 4.35. The van der Waals surface area contributed by atoms with E-state index in [1.54, 1.807) is 41.0 Å². The molecule has 0 bridgehead atoms. The van der Waals surface area contributed by atoms with E-state index >= 15 is 0 Å². The van der Waals surface area contributed by atoms with Crippen molar-refractivity contribution in [1.82, 2.24) is 9.78 Å². The second-order valence-corrected chi connectivity index (χ2v) is 9.48. The lowest BCUT2D eigenvalue weighted by atomic mass is 10.1. The van der Waals surface area contributed by atoms with Gasteiger partial charge in [-0.2, -0.15) is 18.3 Å². The maximum absolute atomic E-state index is 13.6. The molecule has 9 nitrogen and oxygen atoms in total. The Morgan fingerprint density at radius 2 is 1.95 bits per heavy atom. The molecule has 1 aromatic heterocycles. The number of nitrogens with two attached hydrogens (primary N) is 3. The number of carbonyl (C=O) groups is 1. The minimum atomic E-state index is -4.58. The maximum atomic E-state index is 13.6. The van der Waals surface area contributed by atoms with Crippen LogP contribution in [0.4, 0.5) is 30.2 Å². The van der Waals surface area contributed by atoms with Gasteiger partial charge in [-0.3, -0.25) is 14.5 Å². The third-order valence-electron chi connectivity index (χ3n) is 6.67. The van der Waals surface area contributed by atoms with E-state index in [1.807, 2.05) is 13.8 Å². The molecule has 1 saturated heterocycles. The number of anilines is 3. The minimum Gasteiger partial charge on any atom is -0.397 e. The monoisotopic (exact) mass is 528 g/mol. The highest BCUT2D eigenvalue weighted by molar-refractivity contribution is 6.05. The van der Waals surface area contributed by atoms with E-state index in [2.05, 4.69) is 10.4 Å². The van der Waals surface area contributed by atoms with Gasteiger partial charge >= 0.3 is 6.18 Å². The number of nitrogens with zero attached hydrogens (tertiary/aromatic N) is 4. The third kappa shape index (κ3) is 5.76. The fraction of sp³-hybridized carbons (Fsp3) is 0.308. The number of hydrogen-bond donors (Lipinski definition) is 4. The van der Waals surface area contributed by atoms with Crippen LogP contribution in [0.5, 0.6) is 0 Å². The number of aryl methyl sites for hydroxylation is 2. The zero-order chi connectivity index (χ0) is 27.8. The summed E-state index contributed by atoms with van der Waals surface area (Å²) < 4.78 is 42.5. The molecule has 1 aliphatic heterocycles. The van der Waals surface area contributed by atoms with Crippen molar-refractivity contribution in [2.45, 2.75) is 32.5 Å². The first kappa shape index (κ1) is 27.0. The summed E-state index contributed by atoms with van der Waals surface area (Å²) in [4.78, 5) is 14.9. The summed E-state index contributed by atoms with van der Waals surface area (Å²) in [6.07, 6.45) is -0.745. The summed E-state index contributed by atoms with van der Waals surface area (Å²) in [5.41, 5.74) is 15.1. The van der Waals surface area contributed by atoms with Gasteiger partial charge in [-0.1, -0.05) is 6.07 Å². The Bertz CT molecular complexity index is 1380. The molecule has 7 N–H and O–H groups in total. The molecule has 1 amide bonds. The van der Waals surface area contributed by atoms with Gasteiger partial charge in [-0.25, -0.2) is 5.84 Å². The quantitative estimate of drug-likeness (QED) is 0.285. The van der Waals surface area contributed by atoms with Gasteiger partial charge in [-0.05, 0) is 56.2 Å². The Hall–Kier alpha value is -4.03. The second kappa shape index (κ2) is 10.4. The van der Waals surface area contributed by atoms with Crippen molar-refractivity contribution in [1.29, 1.82) is 0 Å². The molecule has 1 atom stereocenters. The molecular formula is C26H31F3N8O. The number of nitrogens with one attached hydrogen (secondary N) is 1. The molecule has 2 aromatic carbocycles. The number of hydrazine groups is 1. The highest BCUT2D eigenvalue weighted by atomic mass is 19.4. The van der Waals surface area contributed by atoms with Crippen molar-refractivity contribution in [3.8, 4) is 0 Å². The molecule has 4 rings (SSSR count). The zero-order valence-electron chi connectivity index (χ0n) is 21.4. The number of carbonyl (C=O) groups excluding carboxylic acids is 1. The average Bonchev–Trinajstić information content (AvgIpc) is 3.43. The smallest absolute Gasteiger partial charge is 0.397 e. The van der Waals surface area contributed by atoms with Gasteiger partial charge in [0.15, 0.2) is 0 Å². The summed E-state index contributed by atoms with van der Waals surface area (Å²) in [5.74, 6) is 5.68. The van der Waals surface area contributed by atoms with E-state index < -0.39 is 17.6 Å². The summed E-state index contributed by atoms with van der Waals surface area (Å²) in [6.45, 7) is 4.67. The van der Waals surface area contributed by atoms with E-state index in [9.17, 15) is 18.0 Å². The maximum Gasteiger partial charge on any atom is 0.416 e. The van der Waals surface area contributed by atoms with E-state index in [0.29, 0.717) is 42.1 Å². The lowest BCUT2D eigenvalue weighted by Crippen LogP contribution is -2.27. The largest absolute Gasteiger partial charge is 0.416 e. The Kier molecular flexibility index (Phi) is 7.38. The van der Waals surface area contributed by atoms with Crippen molar-refractivity contribution in [3.05, 3.63) is 76.7 Å². The van der Waals surface area contributed by atoms with Crippen LogP contribution in [0, 0.1) is 13.8 Å². The van der Waals surface area contributed by atoms with Crippen LogP contribution in [0.2, 0.25) is 0 Å². The van der Waals surface area contributed by atoms with Gasteiger partial charge in [0.25, 0.3) is 5.91 Å². The minimum absolute atomic E-state index is 0.0308. The van der Waals surface area contributed by atoms with Crippen molar-refractivity contribution < 1.29 is 18.0 Å². The SMILES string of the molecule is Cc1ccc(C(=O)Nc2cc(N3CCC(N)C3)cc(C(F)(F)F)c2)cc1N(N)/C=C(\N)c1cnn(C)c1C. The third-order valence-corrected chi connectivity index (χ3v) is 6.67. The molecule has 1 unspecified atom stereocenters. The summed E-state index contributed by atoms with van der Waals surface area (Å²) in [7, 11) is 1.80. The highest BCUT2D eigenvalue weighted by Crippen LogP contribution is 2.35. The first-order valence-corrected chi connectivity index (χ1v) is 12.0. The standard InChI is InChI=1S/C26H31F3N8O/c1-15-4-5-17(8-24(15)37(32)14-23(31)22-12-33-35(3)16(22)2)25(38)34-20-9-18(26(27,28)29)10-21(11-20)36-7-6-19(30)13-36/h4-5,8-12,14,19H,6-7,13,30-32H2,1-3H3,(H,34,38)/b23-14-. The number of amides is 1. The topological polar surface area (TPSA) is 131 Å². The number of halogens is 3. The Balaban J connectivity index is 1.60. The lowest BCUT2D eigenvalue weighted by molar-refractivity contribution is -0.137. The Morgan fingerprint density at radius 1 is 1.21 bits per heavy atom. The average molecular weight is 529 g/mol. The van der Waals surface area contributed by atoms with Crippen LogP contribution in [0.3, 0.4) is 0 Å². The molecule has 0 radical (unpaired) electrons. The highest BCUT2D eigenvalue weighted by Gasteiger charge is 2.32.